The van der Waals surface area contributed by atoms with Gasteiger partial charge in [-0.15, -0.1) is 0 Å². The molecule has 0 aliphatic carbocycles. The van der Waals surface area contributed by atoms with Crippen LogP contribution in [0.4, 0.5) is 10.1 Å². The normalized spacial score (nSPS) is 15.4. The number of hydrogen-bond donors (Lipinski definition) is 1. The summed E-state index contributed by atoms with van der Waals surface area (Å²) in [4.78, 5) is 17.8. The maximum atomic E-state index is 13.9. The van der Waals surface area contributed by atoms with Gasteiger partial charge in [-0.3, -0.25) is 4.79 Å². The average Bonchev–Trinajstić information content (AvgIpc) is 3.37. The van der Waals surface area contributed by atoms with E-state index in [1.165, 1.54) is 17.8 Å². The zero-order valence-electron chi connectivity index (χ0n) is 20.8. The molecular weight excluding hydrogens is 485 g/mol. The number of aliphatic imine (C=N–C) groups is 1. The Morgan fingerprint density at radius 2 is 1.73 bits per heavy atom. The number of amidine groups is 1. The quantitative estimate of drug-likeness (QED) is 0.283. The SMILES string of the molecule is Cc1ccc(N=C2NC(=O)/C(=C\c3cc(C)n(-c4ccc(OCc5ccccc5F)cc4)c3C)S2)cc1. The van der Waals surface area contributed by atoms with Crippen LogP contribution >= 0.6 is 11.8 Å². The first-order valence-corrected chi connectivity index (χ1v) is 12.7. The Morgan fingerprint density at radius 3 is 2.46 bits per heavy atom. The first kappa shape index (κ1) is 24.6. The Hall–Kier alpha value is -4.10. The molecule has 0 saturated carbocycles. The van der Waals surface area contributed by atoms with Crippen LogP contribution in [0.25, 0.3) is 11.8 Å². The second kappa shape index (κ2) is 10.5. The van der Waals surface area contributed by atoms with E-state index in [0.29, 0.717) is 21.4 Å². The van der Waals surface area contributed by atoms with Crippen molar-refractivity contribution in [3.05, 3.63) is 118 Å². The Labute approximate surface area is 219 Å². The number of thioether (sulfide) groups is 1. The number of nitrogens with one attached hydrogen (secondary N) is 1. The maximum absolute atomic E-state index is 13.9. The zero-order valence-corrected chi connectivity index (χ0v) is 21.6. The van der Waals surface area contributed by atoms with Gasteiger partial charge in [0.1, 0.15) is 18.2 Å². The Morgan fingerprint density at radius 1 is 1.00 bits per heavy atom. The van der Waals surface area contributed by atoms with Gasteiger partial charge in [-0.25, -0.2) is 9.38 Å². The molecule has 0 unspecified atom stereocenters. The highest BCUT2D eigenvalue weighted by Gasteiger charge is 2.24. The van der Waals surface area contributed by atoms with Gasteiger partial charge in [-0.05, 0) is 92.7 Å². The molecule has 0 bridgehead atoms. The molecule has 37 heavy (non-hydrogen) atoms. The van der Waals surface area contributed by atoms with E-state index in [-0.39, 0.29) is 18.3 Å². The van der Waals surface area contributed by atoms with E-state index in [2.05, 4.69) is 20.9 Å². The molecule has 7 heteroatoms. The molecule has 3 aromatic carbocycles. The minimum absolute atomic E-state index is 0.156. The fraction of sp³-hybridized carbons (Fsp3) is 0.133. The maximum Gasteiger partial charge on any atom is 0.264 e. The molecule has 0 radical (unpaired) electrons. The van der Waals surface area contributed by atoms with Crippen LogP contribution in [0.1, 0.15) is 28.1 Å². The molecule has 2 heterocycles. The molecule has 1 aliphatic heterocycles. The first-order chi connectivity index (χ1) is 17.9. The number of benzene rings is 3. The highest BCUT2D eigenvalue weighted by Crippen LogP contribution is 2.31. The van der Waals surface area contributed by atoms with Crippen molar-refractivity contribution in [3.8, 4) is 11.4 Å². The van der Waals surface area contributed by atoms with Crippen molar-refractivity contribution in [2.45, 2.75) is 27.4 Å². The number of carbonyl (C=O) groups excluding carboxylic acids is 1. The Kier molecular flexibility index (Phi) is 6.97. The van der Waals surface area contributed by atoms with Crippen LogP contribution in [0.15, 0.2) is 88.8 Å². The van der Waals surface area contributed by atoms with Gasteiger partial charge in [-0.2, -0.15) is 0 Å². The van der Waals surface area contributed by atoms with E-state index in [4.69, 9.17) is 4.74 Å². The molecule has 5 rings (SSSR count). The highest BCUT2D eigenvalue weighted by atomic mass is 32.2. The third-order valence-corrected chi connectivity index (χ3v) is 7.03. The van der Waals surface area contributed by atoms with Gasteiger partial charge in [0.15, 0.2) is 5.17 Å². The fourth-order valence-corrected chi connectivity index (χ4v) is 4.99. The summed E-state index contributed by atoms with van der Waals surface area (Å²) in [6.07, 6.45) is 1.91. The van der Waals surface area contributed by atoms with E-state index in [0.717, 1.165) is 33.9 Å². The molecule has 1 saturated heterocycles. The van der Waals surface area contributed by atoms with Crippen LogP contribution in [0, 0.1) is 26.6 Å². The summed E-state index contributed by atoms with van der Waals surface area (Å²) < 4.78 is 21.8. The Balaban J connectivity index is 1.32. The van der Waals surface area contributed by atoms with Crippen molar-refractivity contribution < 1.29 is 13.9 Å². The van der Waals surface area contributed by atoms with E-state index < -0.39 is 0 Å². The summed E-state index contributed by atoms with van der Waals surface area (Å²) in [5, 5.41) is 3.42. The van der Waals surface area contributed by atoms with E-state index in [1.54, 1.807) is 18.2 Å². The lowest BCUT2D eigenvalue weighted by Crippen LogP contribution is -2.19. The summed E-state index contributed by atoms with van der Waals surface area (Å²) >= 11 is 1.34. The Bertz CT molecular complexity index is 1520. The highest BCUT2D eigenvalue weighted by molar-refractivity contribution is 8.18. The number of amides is 1. The van der Waals surface area contributed by atoms with E-state index in [9.17, 15) is 9.18 Å². The summed E-state index contributed by atoms with van der Waals surface area (Å²) in [5.74, 6) is 0.232. The van der Waals surface area contributed by atoms with Crippen molar-refractivity contribution in [1.82, 2.24) is 9.88 Å². The molecule has 1 aromatic heterocycles. The largest absolute Gasteiger partial charge is 0.489 e. The minimum atomic E-state index is -0.276. The predicted molar refractivity (Wildman–Crippen MR) is 148 cm³/mol. The van der Waals surface area contributed by atoms with E-state index in [1.807, 2.05) is 75.4 Å². The summed E-state index contributed by atoms with van der Waals surface area (Å²) in [7, 11) is 0. The van der Waals surface area contributed by atoms with Gasteiger partial charge in [0, 0.05) is 22.6 Å². The van der Waals surface area contributed by atoms with Gasteiger partial charge in [0.25, 0.3) is 5.91 Å². The second-order valence-electron chi connectivity index (χ2n) is 8.85. The number of ether oxygens (including phenoxy) is 1. The lowest BCUT2D eigenvalue weighted by atomic mass is 10.2. The molecule has 186 valence electrons. The third-order valence-electron chi connectivity index (χ3n) is 6.12. The topological polar surface area (TPSA) is 55.6 Å². The minimum Gasteiger partial charge on any atom is -0.489 e. The molecule has 1 aliphatic rings. The van der Waals surface area contributed by atoms with Crippen LogP contribution in [-0.4, -0.2) is 15.6 Å². The summed E-state index contributed by atoms with van der Waals surface area (Å²) in [6, 6.07) is 24.2. The van der Waals surface area contributed by atoms with Gasteiger partial charge < -0.3 is 14.6 Å². The van der Waals surface area contributed by atoms with Crippen molar-refractivity contribution in [2.75, 3.05) is 0 Å². The van der Waals surface area contributed by atoms with Gasteiger partial charge in [0.2, 0.25) is 0 Å². The number of hydrogen-bond acceptors (Lipinski definition) is 4. The number of aryl methyl sites for hydroxylation is 2. The fourth-order valence-electron chi connectivity index (χ4n) is 4.16. The number of rotatable bonds is 6. The molecular formula is C30H26FN3O2S. The van der Waals surface area contributed by atoms with Crippen LogP contribution < -0.4 is 10.1 Å². The second-order valence-corrected chi connectivity index (χ2v) is 9.88. The lowest BCUT2D eigenvalue weighted by Gasteiger charge is -2.12. The van der Waals surface area contributed by atoms with Gasteiger partial charge in [0.05, 0.1) is 10.6 Å². The third kappa shape index (κ3) is 5.52. The van der Waals surface area contributed by atoms with Gasteiger partial charge >= 0.3 is 0 Å². The standard InChI is InChI=1S/C30H26FN3O2S/c1-19-8-10-24(11-9-19)32-30-33-29(35)28(37-30)17-23-16-20(2)34(21(23)3)25-12-14-26(15-13-25)36-18-22-6-4-5-7-27(22)31/h4-17H,18H2,1-3H3,(H,32,33,35)/b28-17+. The number of nitrogens with zero attached hydrogens (tertiary/aromatic N) is 2. The van der Waals surface area contributed by atoms with Gasteiger partial charge in [-0.1, -0.05) is 35.9 Å². The number of halogens is 1. The van der Waals surface area contributed by atoms with Crippen LogP contribution in [0.2, 0.25) is 0 Å². The van der Waals surface area contributed by atoms with E-state index >= 15 is 0 Å². The average molecular weight is 512 g/mol. The molecule has 5 nitrogen and oxygen atoms in total. The molecule has 4 aromatic rings. The number of aromatic nitrogens is 1. The first-order valence-electron chi connectivity index (χ1n) is 11.9. The van der Waals surface area contributed by atoms with Crippen molar-refractivity contribution in [2.24, 2.45) is 4.99 Å². The smallest absolute Gasteiger partial charge is 0.264 e. The predicted octanol–water partition coefficient (Wildman–Crippen LogP) is 7.01. The lowest BCUT2D eigenvalue weighted by molar-refractivity contribution is -0.115. The van der Waals surface area contributed by atoms with Crippen LogP contribution in [-0.2, 0) is 11.4 Å². The summed E-state index contributed by atoms with van der Waals surface area (Å²) in [6.45, 7) is 6.25. The van der Waals surface area contributed by atoms with Crippen molar-refractivity contribution in [1.29, 1.82) is 0 Å². The van der Waals surface area contributed by atoms with Crippen molar-refractivity contribution in [3.63, 3.8) is 0 Å². The molecule has 1 fully saturated rings. The summed E-state index contributed by atoms with van der Waals surface area (Å²) in [5.41, 5.74) is 6.47. The monoisotopic (exact) mass is 511 g/mol. The molecule has 1 N–H and O–H groups in total. The number of carbonyl (C=O) groups is 1. The van der Waals surface area contributed by atoms with Crippen LogP contribution in [0.3, 0.4) is 0 Å². The molecule has 0 atom stereocenters. The molecule has 1 amide bonds. The zero-order chi connectivity index (χ0) is 25.9. The molecule has 0 spiro atoms. The van der Waals surface area contributed by atoms with Crippen molar-refractivity contribution >= 4 is 34.6 Å². The van der Waals surface area contributed by atoms with Crippen LogP contribution in [0.5, 0.6) is 5.75 Å².